The van der Waals surface area contributed by atoms with Crippen molar-refractivity contribution in [2.75, 3.05) is 19.8 Å². The number of hydrogen-bond donors (Lipinski definition) is 1. The van der Waals surface area contributed by atoms with Crippen molar-refractivity contribution >= 4 is 11.9 Å². The molecule has 0 spiro atoms. The first-order valence-corrected chi connectivity index (χ1v) is 10.9. The summed E-state index contributed by atoms with van der Waals surface area (Å²) in [5, 5.41) is 8.78. The standard InChI is InChI=1S/C13H20O3.C11H16O3.2CH4.K.H2O/c1-3-5-10-16-12-8-6-11(7-9-12)13(14)15-4-2;1-2-3-8-14-10-6-4-9(5-7-10)11(12)13;;;;/h11-12H,4,6-10H2,1-2H3;9-10H,4-8H2,1H3,(H,12,13);2*1H4;;1H2/q;;;;+1;/p-1. The first-order chi connectivity index (χ1) is 14.5. The molecule has 0 aromatic carbocycles. The van der Waals surface area contributed by atoms with Crippen LogP contribution in [0.5, 0.6) is 0 Å². The van der Waals surface area contributed by atoms with Crippen LogP contribution >= 0.6 is 0 Å². The van der Waals surface area contributed by atoms with Crippen molar-refractivity contribution in [2.45, 2.75) is 99.2 Å². The fourth-order valence-corrected chi connectivity index (χ4v) is 3.67. The van der Waals surface area contributed by atoms with Crippen LogP contribution in [0.3, 0.4) is 0 Å². The number of carboxylic acid groups (broad SMARTS) is 1. The molecular weight excluding hydrogens is 463 g/mol. The summed E-state index contributed by atoms with van der Waals surface area (Å²) in [5.74, 6) is 10.5. The van der Waals surface area contributed by atoms with Crippen molar-refractivity contribution in [1.82, 2.24) is 0 Å². The Balaban J connectivity index is -0.000000238. The molecule has 0 aromatic rings. The molecule has 7 nitrogen and oxygen atoms in total. The van der Waals surface area contributed by atoms with Crippen LogP contribution in [-0.4, -0.2) is 54.5 Å². The van der Waals surface area contributed by atoms with Gasteiger partial charge in [0, 0.05) is 0 Å². The van der Waals surface area contributed by atoms with Gasteiger partial charge in [0.25, 0.3) is 0 Å². The number of ether oxygens (including phenoxy) is 3. The Bertz CT molecular complexity index is 629. The van der Waals surface area contributed by atoms with Crippen molar-refractivity contribution < 1.29 is 85.8 Å². The Morgan fingerprint density at radius 3 is 1.50 bits per heavy atom. The number of rotatable bonds is 7. The third kappa shape index (κ3) is 17.9. The normalized spacial score (nSPS) is 22.3. The summed E-state index contributed by atoms with van der Waals surface area (Å²) < 4.78 is 16.1. The van der Waals surface area contributed by atoms with Crippen LogP contribution < -0.4 is 51.4 Å². The topological polar surface area (TPSA) is 112 Å². The first-order valence-electron chi connectivity index (χ1n) is 10.9. The summed E-state index contributed by atoms with van der Waals surface area (Å²) in [7, 11) is 0. The third-order valence-corrected chi connectivity index (χ3v) is 5.45. The summed E-state index contributed by atoms with van der Waals surface area (Å²) in [6, 6.07) is 0. The number of hydrogen-bond acceptors (Lipinski definition) is 6. The van der Waals surface area contributed by atoms with Gasteiger partial charge in [-0.15, -0.1) is 11.8 Å². The molecule has 0 radical (unpaired) electrons. The third-order valence-electron chi connectivity index (χ3n) is 5.45. The van der Waals surface area contributed by atoms with Gasteiger partial charge in [0.05, 0.1) is 30.7 Å². The van der Waals surface area contributed by atoms with Crippen LogP contribution in [-0.2, 0) is 23.8 Å². The van der Waals surface area contributed by atoms with Crippen LogP contribution in [0, 0.1) is 35.5 Å². The van der Waals surface area contributed by atoms with E-state index < -0.39 is 5.97 Å². The van der Waals surface area contributed by atoms with Gasteiger partial charge in [0.2, 0.25) is 0 Å². The molecule has 2 aliphatic carbocycles. The zero-order valence-corrected chi connectivity index (χ0v) is 23.1. The molecule has 0 saturated heterocycles. The van der Waals surface area contributed by atoms with Crippen LogP contribution in [0.15, 0.2) is 0 Å². The molecule has 2 aliphatic rings. The largest absolute Gasteiger partial charge is 1.00 e. The van der Waals surface area contributed by atoms with E-state index in [1.54, 1.807) is 13.8 Å². The molecule has 2 saturated carbocycles. The number of aliphatic carboxylic acids is 1. The van der Waals surface area contributed by atoms with Crippen molar-refractivity contribution in [1.29, 1.82) is 0 Å². The fraction of sp³-hybridized carbons (Fsp3) is 0.769. The van der Waals surface area contributed by atoms with E-state index in [1.807, 2.05) is 6.92 Å². The Kier molecular flexibility index (Phi) is 30.7. The first kappa shape index (κ1) is 40.7. The van der Waals surface area contributed by atoms with Crippen molar-refractivity contribution in [3.63, 3.8) is 0 Å². The monoisotopic (exact) mass is 508 g/mol. The van der Waals surface area contributed by atoms with Gasteiger partial charge in [-0.05, 0) is 72.1 Å². The van der Waals surface area contributed by atoms with Gasteiger partial charge in [-0.1, -0.05) is 26.7 Å². The maximum Gasteiger partial charge on any atom is 1.00 e. The number of carbonyl (C=O) groups is 2. The summed E-state index contributed by atoms with van der Waals surface area (Å²) in [5.41, 5.74) is 0. The van der Waals surface area contributed by atoms with E-state index in [9.17, 15) is 9.59 Å². The zero-order chi connectivity index (χ0) is 22.2. The predicted octanol–water partition coefficient (Wildman–Crippen LogP) is 1.92. The van der Waals surface area contributed by atoms with Crippen molar-refractivity contribution in [2.24, 2.45) is 11.8 Å². The van der Waals surface area contributed by atoms with E-state index in [4.69, 9.17) is 19.3 Å². The van der Waals surface area contributed by atoms with Gasteiger partial charge in [-0.2, -0.15) is 0 Å². The van der Waals surface area contributed by atoms with E-state index in [2.05, 4.69) is 23.7 Å². The van der Waals surface area contributed by atoms with Crippen molar-refractivity contribution in [3.8, 4) is 23.7 Å². The average molecular weight is 509 g/mol. The quantitative estimate of drug-likeness (QED) is 0.318. The molecule has 0 bridgehead atoms. The molecule has 0 aliphatic heterocycles. The van der Waals surface area contributed by atoms with Crippen LogP contribution in [0.4, 0.5) is 0 Å². The van der Waals surface area contributed by atoms with Crippen LogP contribution in [0.2, 0.25) is 0 Å². The summed E-state index contributed by atoms with van der Waals surface area (Å²) >= 11 is 0. The fourth-order valence-electron chi connectivity index (χ4n) is 3.67. The van der Waals surface area contributed by atoms with E-state index >= 15 is 0 Å². The Morgan fingerprint density at radius 2 is 1.18 bits per heavy atom. The van der Waals surface area contributed by atoms with Gasteiger partial charge in [0.1, 0.15) is 13.2 Å². The maximum atomic E-state index is 11.5. The molecule has 0 amide bonds. The minimum Gasteiger partial charge on any atom is -0.870 e. The number of carbonyl (C=O) groups excluding carboxylic acids is 1. The van der Waals surface area contributed by atoms with Gasteiger partial charge in [0.15, 0.2) is 0 Å². The molecule has 0 heterocycles. The second-order valence-corrected chi connectivity index (χ2v) is 7.51. The summed E-state index contributed by atoms with van der Waals surface area (Å²) in [6.45, 7) is 6.88. The second-order valence-electron chi connectivity index (χ2n) is 7.51. The van der Waals surface area contributed by atoms with Gasteiger partial charge in [-0.25, -0.2) is 0 Å². The minimum atomic E-state index is -0.670. The second kappa shape index (κ2) is 25.7. The van der Waals surface area contributed by atoms with E-state index in [0.717, 1.165) is 51.4 Å². The molecule has 0 atom stereocenters. The average Bonchev–Trinajstić information content (AvgIpc) is 2.75. The number of carboxylic acids is 1. The Hall–Kier alpha value is -0.424. The molecule has 2 rings (SSSR count). The summed E-state index contributed by atoms with van der Waals surface area (Å²) in [4.78, 5) is 22.1. The molecule has 0 unspecified atom stereocenters. The van der Waals surface area contributed by atoms with Gasteiger partial charge in [-0.3, -0.25) is 9.59 Å². The Labute approximate surface area is 250 Å². The SMILES string of the molecule is C.C.CC#CCOC1CCC(C(=O)O)CC1.CC#CCOC1CCC(C(=O)OCC)CC1.[K+].[OH-]. The predicted molar refractivity (Wildman–Crippen MR) is 130 cm³/mol. The van der Waals surface area contributed by atoms with E-state index in [1.165, 1.54) is 0 Å². The molecule has 0 aromatic heterocycles. The summed E-state index contributed by atoms with van der Waals surface area (Å²) in [6.07, 6.45) is 7.29. The minimum absolute atomic E-state index is 0. The van der Waals surface area contributed by atoms with Crippen LogP contribution in [0.1, 0.15) is 87.0 Å². The van der Waals surface area contributed by atoms with Gasteiger partial charge >= 0.3 is 63.3 Å². The van der Waals surface area contributed by atoms with Crippen LogP contribution in [0.25, 0.3) is 0 Å². The smallest absolute Gasteiger partial charge is 0.870 e. The molecule has 2 N–H and O–H groups in total. The Morgan fingerprint density at radius 1 is 0.794 bits per heavy atom. The van der Waals surface area contributed by atoms with Gasteiger partial charge < -0.3 is 24.8 Å². The molecule has 34 heavy (non-hydrogen) atoms. The maximum absolute atomic E-state index is 11.5. The van der Waals surface area contributed by atoms with Crippen molar-refractivity contribution in [3.05, 3.63) is 0 Å². The molecular formula is C26H45KO7. The molecule has 8 heteroatoms. The zero-order valence-electron chi connectivity index (χ0n) is 20.0. The molecule has 192 valence electrons. The van der Waals surface area contributed by atoms with E-state index in [-0.39, 0.29) is 102 Å². The number of esters is 1. The van der Waals surface area contributed by atoms with E-state index in [0.29, 0.717) is 19.8 Å². The molecule has 2 fully saturated rings.